The maximum absolute atomic E-state index is 12.5. The third-order valence-electron chi connectivity index (χ3n) is 8.33. The molecule has 2 saturated carbocycles. The minimum Gasteiger partial charge on any atom is -0.481 e. The van der Waals surface area contributed by atoms with Crippen LogP contribution in [0.4, 0.5) is 0 Å². The first-order valence-corrected chi connectivity index (χ1v) is 12.4. The van der Waals surface area contributed by atoms with Gasteiger partial charge in [0.1, 0.15) is 0 Å². The molecule has 3 heteroatoms. The summed E-state index contributed by atoms with van der Waals surface area (Å²) in [6, 6.07) is 17.8. The highest BCUT2D eigenvalue weighted by molar-refractivity contribution is 5.82. The number of hydrogen-bond donors (Lipinski definition) is 1. The summed E-state index contributed by atoms with van der Waals surface area (Å²) < 4.78 is 0. The number of carbonyl (C=O) groups is 1. The molecule has 0 radical (unpaired) electrons. The molecule has 2 fully saturated rings. The quantitative estimate of drug-likeness (QED) is 0.522. The van der Waals surface area contributed by atoms with Crippen LogP contribution < -0.4 is 0 Å². The van der Waals surface area contributed by atoms with Crippen LogP contribution in [-0.2, 0) is 10.2 Å². The molecule has 0 unspecified atom stereocenters. The predicted octanol–water partition coefficient (Wildman–Crippen LogP) is 7.34. The van der Waals surface area contributed by atoms with Gasteiger partial charge < -0.3 is 5.11 Å². The summed E-state index contributed by atoms with van der Waals surface area (Å²) in [5, 5.41) is 19.2. The molecule has 0 aromatic heterocycles. The second kappa shape index (κ2) is 9.90. The lowest BCUT2D eigenvalue weighted by atomic mass is 9.62. The average Bonchev–Trinajstić information content (AvgIpc) is 2.85. The van der Waals surface area contributed by atoms with E-state index in [0.717, 1.165) is 54.2 Å². The van der Waals surface area contributed by atoms with Crippen LogP contribution in [0.3, 0.4) is 0 Å². The van der Waals surface area contributed by atoms with Crippen molar-refractivity contribution in [3.63, 3.8) is 0 Å². The summed E-state index contributed by atoms with van der Waals surface area (Å²) in [5.41, 5.74) is 2.93. The molecule has 0 saturated heterocycles. The van der Waals surface area contributed by atoms with Crippen molar-refractivity contribution in [3.05, 3.63) is 59.7 Å². The van der Waals surface area contributed by atoms with Crippen LogP contribution in [0.25, 0.3) is 11.1 Å². The maximum atomic E-state index is 12.5. The zero-order valence-corrected chi connectivity index (χ0v) is 19.2. The number of nitriles is 1. The van der Waals surface area contributed by atoms with Gasteiger partial charge in [0, 0.05) is 0 Å². The minimum absolute atomic E-state index is 0.644. The normalized spacial score (nSPS) is 28.1. The second-order valence-corrected chi connectivity index (χ2v) is 10.1. The third-order valence-corrected chi connectivity index (χ3v) is 8.33. The number of aliphatic carboxylic acids is 1. The van der Waals surface area contributed by atoms with E-state index in [9.17, 15) is 9.90 Å². The van der Waals surface area contributed by atoms with Crippen LogP contribution in [0.2, 0.25) is 0 Å². The Labute approximate surface area is 192 Å². The molecule has 168 valence electrons. The number of carboxylic acids is 1. The van der Waals surface area contributed by atoms with Gasteiger partial charge in [-0.2, -0.15) is 5.26 Å². The van der Waals surface area contributed by atoms with E-state index in [1.54, 1.807) is 0 Å². The molecule has 2 aliphatic rings. The molecule has 32 heavy (non-hydrogen) atoms. The van der Waals surface area contributed by atoms with Crippen molar-refractivity contribution in [1.29, 1.82) is 5.26 Å². The van der Waals surface area contributed by atoms with E-state index in [-0.39, 0.29) is 0 Å². The molecule has 2 aromatic carbocycles. The van der Waals surface area contributed by atoms with Crippen molar-refractivity contribution >= 4 is 5.97 Å². The van der Waals surface area contributed by atoms with Crippen LogP contribution in [-0.4, -0.2) is 11.1 Å². The van der Waals surface area contributed by atoms with Gasteiger partial charge in [-0.25, -0.2) is 0 Å². The lowest BCUT2D eigenvalue weighted by molar-refractivity contribution is -0.146. The molecule has 2 aliphatic carbocycles. The molecule has 0 atom stereocenters. The van der Waals surface area contributed by atoms with Gasteiger partial charge in [0.2, 0.25) is 0 Å². The van der Waals surface area contributed by atoms with Gasteiger partial charge in [-0.15, -0.1) is 0 Å². The molecular weight excluding hydrogens is 394 g/mol. The number of nitrogens with zero attached hydrogens (tertiary/aromatic N) is 1. The smallest absolute Gasteiger partial charge is 0.314 e. The fourth-order valence-electron chi connectivity index (χ4n) is 6.31. The summed E-state index contributed by atoms with van der Waals surface area (Å²) in [7, 11) is 0. The Bertz CT molecular complexity index is 938. The minimum atomic E-state index is -0.751. The zero-order valence-electron chi connectivity index (χ0n) is 19.2. The Morgan fingerprint density at radius 2 is 1.44 bits per heavy atom. The van der Waals surface area contributed by atoms with Crippen LogP contribution in [0.15, 0.2) is 48.5 Å². The Hall–Kier alpha value is -2.60. The van der Waals surface area contributed by atoms with Crippen LogP contribution in [0, 0.1) is 29.1 Å². The van der Waals surface area contributed by atoms with E-state index in [0.29, 0.717) is 11.5 Å². The van der Waals surface area contributed by atoms with Gasteiger partial charge in [-0.1, -0.05) is 69.0 Å². The van der Waals surface area contributed by atoms with E-state index in [4.69, 9.17) is 5.26 Å². The third kappa shape index (κ3) is 4.60. The Kier molecular flexibility index (Phi) is 6.99. The molecule has 4 rings (SSSR count). The summed E-state index contributed by atoms with van der Waals surface area (Å²) in [4.78, 5) is 12.5. The fraction of sp³-hybridized carbons (Fsp3) is 0.517. The zero-order chi connectivity index (χ0) is 22.6. The lowest BCUT2D eigenvalue weighted by Crippen LogP contribution is -2.41. The van der Waals surface area contributed by atoms with E-state index in [1.165, 1.54) is 38.5 Å². The maximum Gasteiger partial charge on any atom is 0.314 e. The van der Waals surface area contributed by atoms with Gasteiger partial charge in [0.15, 0.2) is 0 Å². The van der Waals surface area contributed by atoms with Crippen LogP contribution in [0.1, 0.15) is 82.3 Å². The first kappa shape index (κ1) is 22.6. The highest BCUT2D eigenvalue weighted by atomic mass is 16.4. The molecule has 0 spiro atoms. The summed E-state index contributed by atoms with van der Waals surface area (Å²) in [6.45, 7) is 2.29. The Morgan fingerprint density at radius 3 is 1.94 bits per heavy atom. The molecule has 0 bridgehead atoms. The first-order chi connectivity index (χ1) is 15.6. The Balaban J connectivity index is 1.43. The molecule has 0 aliphatic heterocycles. The van der Waals surface area contributed by atoms with Gasteiger partial charge >= 0.3 is 5.97 Å². The standard InChI is InChI=1S/C29H35NO2/c1-2-3-21-4-8-24(9-5-21)26-16-18-29(19-17-26,28(31)32)27-14-12-25(13-15-27)23-10-6-22(20-30)7-11-23/h6-7,10-15,21,24,26H,2-5,8-9,16-19H2,1H3,(H,31,32)/t21?,24?,26-,29+. The van der Waals surface area contributed by atoms with Crippen LogP contribution >= 0.6 is 0 Å². The number of benzene rings is 2. The molecule has 0 heterocycles. The summed E-state index contributed by atoms with van der Waals surface area (Å²) in [5.74, 6) is 1.75. The highest BCUT2D eigenvalue weighted by Gasteiger charge is 2.45. The van der Waals surface area contributed by atoms with Crippen molar-refractivity contribution in [2.24, 2.45) is 17.8 Å². The number of carboxylic acid groups (broad SMARTS) is 1. The van der Waals surface area contributed by atoms with Gasteiger partial charge in [-0.3, -0.25) is 4.79 Å². The highest BCUT2D eigenvalue weighted by Crippen LogP contribution is 2.47. The lowest BCUT2D eigenvalue weighted by Gasteiger charge is -2.42. The monoisotopic (exact) mass is 429 g/mol. The van der Waals surface area contributed by atoms with Gasteiger partial charge in [-0.05, 0) is 85.1 Å². The largest absolute Gasteiger partial charge is 0.481 e. The van der Waals surface area contributed by atoms with E-state index >= 15 is 0 Å². The van der Waals surface area contributed by atoms with E-state index in [1.807, 2.05) is 48.5 Å². The van der Waals surface area contributed by atoms with Crippen molar-refractivity contribution in [2.45, 2.75) is 76.5 Å². The molecule has 0 amide bonds. The topological polar surface area (TPSA) is 61.1 Å². The average molecular weight is 430 g/mol. The molecule has 3 nitrogen and oxygen atoms in total. The number of rotatable bonds is 6. The SMILES string of the molecule is CCCC1CCC([C@H]2CC[C@](C(=O)O)(c3ccc(-c4ccc(C#N)cc4)cc3)CC2)CC1. The van der Waals surface area contributed by atoms with Crippen LogP contribution in [0.5, 0.6) is 0 Å². The van der Waals surface area contributed by atoms with Crippen molar-refractivity contribution in [3.8, 4) is 17.2 Å². The molecule has 2 aromatic rings. The summed E-state index contributed by atoms with van der Waals surface area (Å²) in [6.07, 6.45) is 11.7. The predicted molar refractivity (Wildman–Crippen MR) is 128 cm³/mol. The fourth-order valence-corrected chi connectivity index (χ4v) is 6.31. The molecule has 1 N–H and O–H groups in total. The van der Waals surface area contributed by atoms with Gasteiger partial charge in [0.25, 0.3) is 0 Å². The van der Waals surface area contributed by atoms with Crippen molar-refractivity contribution in [1.82, 2.24) is 0 Å². The molecular formula is C29H35NO2. The van der Waals surface area contributed by atoms with Crippen molar-refractivity contribution in [2.75, 3.05) is 0 Å². The van der Waals surface area contributed by atoms with E-state index in [2.05, 4.69) is 13.0 Å². The summed E-state index contributed by atoms with van der Waals surface area (Å²) >= 11 is 0. The number of hydrogen-bond acceptors (Lipinski definition) is 2. The van der Waals surface area contributed by atoms with Gasteiger partial charge in [0.05, 0.1) is 17.0 Å². The second-order valence-electron chi connectivity index (χ2n) is 10.1. The Morgan fingerprint density at radius 1 is 0.906 bits per heavy atom. The first-order valence-electron chi connectivity index (χ1n) is 12.4. The van der Waals surface area contributed by atoms with E-state index < -0.39 is 11.4 Å². The van der Waals surface area contributed by atoms with Crippen molar-refractivity contribution < 1.29 is 9.90 Å².